The number of fused-ring (bicyclic) bond motifs is 1. The Balaban J connectivity index is 1.76. The molecule has 23 heavy (non-hydrogen) atoms. The van der Waals surface area contributed by atoms with E-state index in [0.29, 0.717) is 37.7 Å². The van der Waals surface area contributed by atoms with Gasteiger partial charge in [0.2, 0.25) is 10.1 Å². The topological polar surface area (TPSA) is 82.8 Å². The van der Waals surface area contributed by atoms with E-state index in [2.05, 4.69) is 20.3 Å². The minimum Gasteiger partial charge on any atom is -0.343 e. The molecule has 2 aromatic heterocycles. The van der Waals surface area contributed by atoms with Gasteiger partial charge in [0.15, 0.2) is 0 Å². The Morgan fingerprint density at radius 3 is 2.70 bits per heavy atom. The monoisotopic (exact) mass is 336 g/mol. The maximum Gasteiger partial charge on any atom is 0.317 e. The van der Waals surface area contributed by atoms with Gasteiger partial charge in [0, 0.05) is 44.5 Å². The number of carbonyl (C=O) groups is 1. The second-order valence-electron chi connectivity index (χ2n) is 5.33. The van der Waals surface area contributed by atoms with E-state index < -0.39 is 0 Å². The summed E-state index contributed by atoms with van der Waals surface area (Å²) in [5.41, 5.74) is 0.640. The van der Waals surface area contributed by atoms with Crippen LogP contribution in [0.15, 0.2) is 10.9 Å². The molecule has 9 heteroatoms. The van der Waals surface area contributed by atoms with Crippen molar-refractivity contribution in [3.05, 3.63) is 22.1 Å². The normalized spacial score (nSPS) is 15.2. The number of amides is 2. The van der Waals surface area contributed by atoms with Gasteiger partial charge in [0.1, 0.15) is 0 Å². The lowest BCUT2D eigenvalue weighted by Crippen LogP contribution is -2.51. The van der Waals surface area contributed by atoms with Crippen molar-refractivity contribution in [3.63, 3.8) is 0 Å². The Morgan fingerprint density at radius 1 is 1.30 bits per heavy atom. The van der Waals surface area contributed by atoms with Crippen LogP contribution in [0.25, 0.3) is 4.96 Å². The smallest absolute Gasteiger partial charge is 0.317 e. The van der Waals surface area contributed by atoms with Gasteiger partial charge >= 0.3 is 6.03 Å². The van der Waals surface area contributed by atoms with Gasteiger partial charge < -0.3 is 15.1 Å². The predicted octanol–water partition coefficient (Wildman–Crippen LogP) is 0.565. The van der Waals surface area contributed by atoms with Crippen LogP contribution >= 0.6 is 11.3 Å². The van der Waals surface area contributed by atoms with Gasteiger partial charge in [0.25, 0.3) is 5.56 Å². The fraction of sp³-hybridized carbons (Fsp3) is 0.571. The Hall–Kier alpha value is -2.16. The lowest BCUT2D eigenvalue weighted by molar-refractivity contribution is 0.195. The molecular formula is C14H20N6O2S. The number of piperazine rings is 1. The fourth-order valence-corrected chi connectivity index (χ4v) is 3.50. The van der Waals surface area contributed by atoms with E-state index in [1.54, 1.807) is 4.90 Å². The fourth-order valence-electron chi connectivity index (χ4n) is 2.52. The molecule has 1 N–H and O–H groups in total. The first-order valence-corrected chi connectivity index (χ1v) is 8.61. The molecule has 0 aliphatic carbocycles. The number of aryl methyl sites for hydroxylation is 1. The quantitative estimate of drug-likeness (QED) is 0.886. The SMILES string of the molecule is CCNC(=O)N1CCN(c2nn3c(=O)cc(CC)nc3s2)CC1. The second kappa shape index (κ2) is 6.53. The third-order valence-electron chi connectivity index (χ3n) is 3.82. The summed E-state index contributed by atoms with van der Waals surface area (Å²) in [4.78, 5) is 32.9. The molecule has 2 aromatic rings. The number of aromatic nitrogens is 3. The molecule has 1 aliphatic rings. The zero-order chi connectivity index (χ0) is 16.4. The van der Waals surface area contributed by atoms with Crippen molar-refractivity contribution in [2.75, 3.05) is 37.6 Å². The van der Waals surface area contributed by atoms with E-state index in [-0.39, 0.29) is 11.6 Å². The van der Waals surface area contributed by atoms with E-state index >= 15 is 0 Å². The zero-order valence-electron chi connectivity index (χ0n) is 13.3. The molecule has 1 fully saturated rings. The lowest BCUT2D eigenvalue weighted by Gasteiger charge is -2.34. The van der Waals surface area contributed by atoms with E-state index in [9.17, 15) is 9.59 Å². The van der Waals surface area contributed by atoms with Crippen LogP contribution in [-0.4, -0.2) is 58.3 Å². The number of hydrogen-bond acceptors (Lipinski definition) is 6. The van der Waals surface area contributed by atoms with Crippen LogP contribution in [0, 0.1) is 0 Å². The van der Waals surface area contributed by atoms with Gasteiger partial charge in [-0.05, 0) is 13.3 Å². The summed E-state index contributed by atoms with van der Waals surface area (Å²) >= 11 is 1.41. The first-order chi connectivity index (χ1) is 11.1. The summed E-state index contributed by atoms with van der Waals surface area (Å²) in [6, 6.07) is 1.51. The van der Waals surface area contributed by atoms with Crippen molar-refractivity contribution in [3.8, 4) is 0 Å². The summed E-state index contributed by atoms with van der Waals surface area (Å²) in [6.45, 7) is 7.20. The minimum absolute atomic E-state index is 0.0260. The Morgan fingerprint density at radius 2 is 2.04 bits per heavy atom. The van der Waals surface area contributed by atoms with Gasteiger partial charge in [0.05, 0.1) is 0 Å². The van der Waals surface area contributed by atoms with Gasteiger partial charge in [-0.2, -0.15) is 4.52 Å². The predicted molar refractivity (Wildman–Crippen MR) is 89.4 cm³/mol. The van der Waals surface area contributed by atoms with Crippen LogP contribution in [0.4, 0.5) is 9.93 Å². The van der Waals surface area contributed by atoms with Crippen molar-refractivity contribution in [1.29, 1.82) is 0 Å². The molecule has 3 rings (SSSR count). The highest BCUT2D eigenvalue weighted by molar-refractivity contribution is 7.20. The first kappa shape index (κ1) is 15.7. The van der Waals surface area contributed by atoms with Crippen LogP contribution in [0.5, 0.6) is 0 Å². The summed E-state index contributed by atoms with van der Waals surface area (Å²) in [5, 5.41) is 7.97. The van der Waals surface area contributed by atoms with Gasteiger partial charge in [-0.3, -0.25) is 4.79 Å². The highest BCUT2D eigenvalue weighted by Gasteiger charge is 2.23. The van der Waals surface area contributed by atoms with Crippen LogP contribution in [0.2, 0.25) is 0 Å². The largest absolute Gasteiger partial charge is 0.343 e. The van der Waals surface area contributed by atoms with E-state index in [4.69, 9.17) is 0 Å². The molecule has 2 amide bonds. The minimum atomic E-state index is -0.143. The molecule has 0 saturated carbocycles. The standard InChI is InChI=1S/C14H20N6O2S/c1-3-10-9-11(21)20-13(16-10)23-14(17-20)19-7-5-18(6-8-19)12(22)15-4-2/h9H,3-8H2,1-2H3,(H,15,22). The highest BCUT2D eigenvalue weighted by Crippen LogP contribution is 2.22. The second-order valence-corrected chi connectivity index (χ2v) is 6.26. The average Bonchev–Trinajstić information content (AvgIpc) is 3.00. The van der Waals surface area contributed by atoms with Crippen LogP contribution in [0.1, 0.15) is 19.5 Å². The molecule has 8 nitrogen and oxygen atoms in total. The average molecular weight is 336 g/mol. The van der Waals surface area contributed by atoms with Crippen LogP contribution < -0.4 is 15.8 Å². The molecule has 0 spiro atoms. The van der Waals surface area contributed by atoms with Crippen molar-refractivity contribution in [2.45, 2.75) is 20.3 Å². The van der Waals surface area contributed by atoms with Crippen molar-refractivity contribution < 1.29 is 4.79 Å². The third kappa shape index (κ3) is 3.14. The Bertz CT molecular complexity index is 762. The molecular weight excluding hydrogens is 316 g/mol. The number of nitrogens with one attached hydrogen (secondary N) is 1. The van der Waals surface area contributed by atoms with Gasteiger partial charge in [-0.15, -0.1) is 5.10 Å². The van der Waals surface area contributed by atoms with E-state index in [0.717, 1.165) is 17.2 Å². The first-order valence-electron chi connectivity index (χ1n) is 7.80. The van der Waals surface area contributed by atoms with E-state index in [1.807, 2.05) is 13.8 Å². The van der Waals surface area contributed by atoms with Crippen molar-refractivity contribution >= 4 is 27.5 Å². The summed E-state index contributed by atoms with van der Waals surface area (Å²) in [7, 11) is 0. The number of carbonyl (C=O) groups excluding carboxylic acids is 1. The highest BCUT2D eigenvalue weighted by atomic mass is 32.1. The summed E-state index contributed by atoms with van der Waals surface area (Å²) in [6.07, 6.45) is 0.726. The number of rotatable bonds is 3. The molecule has 0 radical (unpaired) electrons. The molecule has 0 bridgehead atoms. The summed E-state index contributed by atoms with van der Waals surface area (Å²) in [5.74, 6) is 0. The third-order valence-corrected chi connectivity index (χ3v) is 4.78. The van der Waals surface area contributed by atoms with Gasteiger partial charge in [-0.25, -0.2) is 9.78 Å². The Kier molecular flexibility index (Phi) is 4.46. The van der Waals surface area contributed by atoms with Gasteiger partial charge in [-0.1, -0.05) is 18.3 Å². The lowest BCUT2D eigenvalue weighted by atomic mass is 10.3. The summed E-state index contributed by atoms with van der Waals surface area (Å²) < 4.78 is 1.36. The molecule has 124 valence electrons. The zero-order valence-corrected chi connectivity index (χ0v) is 14.1. The Labute approximate surface area is 137 Å². The number of hydrogen-bond donors (Lipinski definition) is 1. The molecule has 1 saturated heterocycles. The maximum absolute atomic E-state index is 12.1. The maximum atomic E-state index is 12.1. The number of nitrogens with zero attached hydrogens (tertiary/aromatic N) is 5. The molecule has 0 aromatic carbocycles. The van der Waals surface area contributed by atoms with Crippen molar-refractivity contribution in [2.24, 2.45) is 0 Å². The van der Waals surface area contributed by atoms with E-state index in [1.165, 1.54) is 21.9 Å². The molecule has 0 unspecified atom stereocenters. The van der Waals surface area contributed by atoms with Crippen LogP contribution in [0.3, 0.4) is 0 Å². The number of anilines is 1. The molecule has 3 heterocycles. The molecule has 0 atom stereocenters. The number of urea groups is 1. The van der Waals surface area contributed by atoms with Crippen LogP contribution in [-0.2, 0) is 6.42 Å². The molecule has 1 aliphatic heterocycles. The van der Waals surface area contributed by atoms with Crippen molar-refractivity contribution in [1.82, 2.24) is 24.8 Å².